The second kappa shape index (κ2) is 8.27. The second-order valence-electron chi connectivity index (χ2n) is 9.42. The summed E-state index contributed by atoms with van der Waals surface area (Å²) < 4.78 is 12.2. The number of rotatable bonds is 8. The summed E-state index contributed by atoms with van der Waals surface area (Å²) >= 11 is 0. The van der Waals surface area contributed by atoms with E-state index in [-0.39, 0.29) is 0 Å². The lowest BCUT2D eigenvalue weighted by Gasteiger charge is -2.20. The Hall–Kier alpha value is -1.83. The Morgan fingerprint density at radius 3 is 2.25 bits per heavy atom. The topological polar surface area (TPSA) is 34.2 Å². The molecule has 0 fully saturated rings. The molecular weight excluding hydrogens is 378 g/mol. The molecule has 0 aliphatic heterocycles. The van der Waals surface area contributed by atoms with Crippen LogP contribution in [0.15, 0.2) is 48.5 Å². The second-order valence-corrected chi connectivity index (χ2v) is 18.9. The van der Waals surface area contributed by atoms with Crippen molar-refractivity contribution in [2.24, 2.45) is 0 Å². The highest BCUT2D eigenvalue weighted by Crippen LogP contribution is 2.25. The predicted octanol–water partition coefficient (Wildman–Crippen LogP) is 5.69. The lowest BCUT2D eigenvalue weighted by molar-refractivity contribution is 0.306. The van der Waals surface area contributed by atoms with E-state index in [1.54, 1.807) is 0 Å². The monoisotopic (exact) mass is 411 g/mol. The van der Waals surface area contributed by atoms with Crippen molar-refractivity contribution in [1.82, 2.24) is 4.98 Å². The Labute approximate surface area is 171 Å². The van der Waals surface area contributed by atoms with E-state index in [2.05, 4.69) is 74.6 Å². The molecule has 0 spiro atoms. The molecule has 1 heterocycles. The minimum Gasteiger partial charge on any atom is -0.489 e. The van der Waals surface area contributed by atoms with E-state index in [0.29, 0.717) is 6.61 Å². The molecule has 28 heavy (non-hydrogen) atoms. The van der Waals surface area contributed by atoms with Crippen LogP contribution in [0.25, 0.3) is 10.9 Å². The zero-order valence-electron chi connectivity index (χ0n) is 18.1. The first-order valence-corrected chi connectivity index (χ1v) is 17.0. The van der Waals surface area contributed by atoms with Crippen molar-refractivity contribution in [3.8, 4) is 5.75 Å². The molecule has 2 aromatic carbocycles. The van der Waals surface area contributed by atoms with E-state index >= 15 is 0 Å². The van der Waals surface area contributed by atoms with E-state index in [0.717, 1.165) is 18.8 Å². The third-order valence-corrected chi connectivity index (χ3v) is 7.76. The van der Waals surface area contributed by atoms with Gasteiger partial charge in [-0.05, 0) is 49.3 Å². The standard InChI is InChI=1S/C23H33NO2Si2/c1-27(2,3)23-21(14-15-26-28(4,5)6)20-13-12-19(16-22(20)24-23)25-17-18-10-8-7-9-11-18/h7-13,16,24H,14-15,17H2,1-6H3. The highest BCUT2D eigenvalue weighted by Gasteiger charge is 2.25. The molecule has 3 rings (SSSR count). The van der Waals surface area contributed by atoms with Gasteiger partial charge in [0, 0.05) is 28.9 Å². The van der Waals surface area contributed by atoms with Crippen LogP contribution in [0.4, 0.5) is 0 Å². The van der Waals surface area contributed by atoms with Gasteiger partial charge in [-0.15, -0.1) is 0 Å². The van der Waals surface area contributed by atoms with Crippen molar-refractivity contribution in [2.75, 3.05) is 6.61 Å². The fourth-order valence-corrected chi connectivity index (χ4v) is 5.81. The van der Waals surface area contributed by atoms with Crippen molar-refractivity contribution >= 4 is 32.6 Å². The molecule has 0 unspecified atom stereocenters. The molecular formula is C23H33NO2Si2. The van der Waals surface area contributed by atoms with E-state index in [1.807, 2.05) is 18.2 Å². The van der Waals surface area contributed by atoms with Crippen molar-refractivity contribution in [1.29, 1.82) is 0 Å². The first kappa shape index (κ1) is 20.9. The Morgan fingerprint density at radius 2 is 1.61 bits per heavy atom. The molecule has 1 N–H and O–H groups in total. The van der Waals surface area contributed by atoms with Crippen LogP contribution in [0.3, 0.4) is 0 Å². The summed E-state index contributed by atoms with van der Waals surface area (Å²) in [5.41, 5.74) is 3.79. The van der Waals surface area contributed by atoms with Crippen LogP contribution in [0.5, 0.6) is 5.75 Å². The first-order valence-electron chi connectivity index (χ1n) is 10.1. The molecule has 0 aliphatic rings. The maximum absolute atomic E-state index is 6.15. The van der Waals surface area contributed by atoms with Crippen molar-refractivity contribution in [3.63, 3.8) is 0 Å². The number of nitrogens with one attached hydrogen (secondary N) is 1. The van der Waals surface area contributed by atoms with Crippen LogP contribution in [0.1, 0.15) is 11.1 Å². The van der Waals surface area contributed by atoms with Gasteiger partial charge in [0.2, 0.25) is 0 Å². The Kier molecular flexibility index (Phi) is 6.17. The molecule has 0 aliphatic carbocycles. The van der Waals surface area contributed by atoms with Crippen LogP contribution in [0.2, 0.25) is 39.3 Å². The van der Waals surface area contributed by atoms with E-state index in [1.165, 1.54) is 27.3 Å². The van der Waals surface area contributed by atoms with Gasteiger partial charge >= 0.3 is 0 Å². The lowest BCUT2D eigenvalue weighted by Crippen LogP contribution is -2.41. The van der Waals surface area contributed by atoms with Crippen LogP contribution in [0, 0.1) is 0 Å². The predicted molar refractivity (Wildman–Crippen MR) is 125 cm³/mol. The third kappa shape index (κ3) is 5.37. The molecule has 0 atom stereocenters. The Bertz CT molecular complexity index is 921. The number of aromatic nitrogens is 1. The van der Waals surface area contributed by atoms with Crippen LogP contribution in [-0.2, 0) is 17.5 Å². The van der Waals surface area contributed by atoms with E-state index in [9.17, 15) is 0 Å². The molecule has 1 aromatic heterocycles. The number of aromatic amines is 1. The van der Waals surface area contributed by atoms with Gasteiger partial charge in [0.25, 0.3) is 0 Å². The normalized spacial score (nSPS) is 12.5. The number of fused-ring (bicyclic) bond motifs is 1. The summed E-state index contributed by atoms with van der Waals surface area (Å²) in [4.78, 5) is 3.73. The van der Waals surface area contributed by atoms with E-state index in [4.69, 9.17) is 9.16 Å². The molecule has 0 amide bonds. The zero-order chi connectivity index (χ0) is 20.4. The van der Waals surface area contributed by atoms with Gasteiger partial charge in [0.15, 0.2) is 8.32 Å². The number of benzene rings is 2. The van der Waals surface area contributed by atoms with Gasteiger partial charge in [0.1, 0.15) is 12.4 Å². The minimum absolute atomic E-state index is 0.588. The average molecular weight is 412 g/mol. The number of hydrogen-bond donors (Lipinski definition) is 1. The quantitative estimate of drug-likeness (QED) is 0.483. The SMILES string of the molecule is C[Si](C)(C)OCCc1c([Si](C)(C)C)[nH]c2cc(OCc3ccccc3)ccc12. The average Bonchev–Trinajstić information content (AvgIpc) is 2.98. The molecule has 0 saturated heterocycles. The van der Waals surface area contributed by atoms with Crippen LogP contribution in [-0.4, -0.2) is 28.0 Å². The fourth-order valence-electron chi connectivity index (χ4n) is 3.42. The minimum atomic E-state index is -1.49. The Morgan fingerprint density at radius 1 is 0.893 bits per heavy atom. The van der Waals surface area contributed by atoms with Gasteiger partial charge in [-0.3, -0.25) is 0 Å². The summed E-state index contributed by atoms with van der Waals surface area (Å²) in [6.07, 6.45) is 0.966. The highest BCUT2D eigenvalue weighted by molar-refractivity contribution is 6.88. The first-order chi connectivity index (χ1) is 13.1. The molecule has 0 bridgehead atoms. The van der Waals surface area contributed by atoms with E-state index < -0.39 is 16.4 Å². The lowest BCUT2D eigenvalue weighted by atomic mass is 10.1. The van der Waals surface area contributed by atoms with Gasteiger partial charge < -0.3 is 14.1 Å². The maximum Gasteiger partial charge on any atom is 0.183 e. The summed E-state index contributed by atoms with van der Waals surface area (Å²) in [5.74, 6) is 0.907. The van der Waals surface area contributed by atoms with Gasteiger partial charge in [-0.25, -0.2) is 0 Å². The molecule has 3 aromatic rings. The Balaban J connectivity index is 1.84. The summed E-state index contributed by atoms with van der Waals surface area (Å²) in [6.45, 7) is 15.3. The zero-order valence-corrected chi connectivity index (χ0v) is 20.1. The van der Waals surface area contributed by atoms with Crippen molar-refractivity contribution in [2.45, 2.75) is 52.3 Å². The number of ether oxygens (including phenoxy) is 1. The molecule has 3 nitrogen and oxygen atoms in total. The molecule has 0 radical (unpaired) electrons. The molecule has 0 saturated carbocycles. The molecule has 5 heteroatoms. The smallest absolute Gasteiger partial charge is 0.183 e. The largest absolute Gasteiger partial charge is 0.489 e. The fraction of sp³-hybridized carbons (Fsp3) is 0.391. The summed E-state index contributed by atoms with van der Waals surface area (Å²) in [5, 5.41) is 2.74. The van der Waals surface area contributed by atoms with Gasteiger partial charge in [-0.1, -0.05) is 50.0 Å². The summed E-state index contributed by atoms with van der Waals surface area (Å²) in [7, 11) is -2.98. The third-order valence-electron chi connectivity index (χ3n) is 4.76. The van der Waals surface area contributed by atoms with Crippen molar-refractivity contribution in [3.05, 3.63) is 59.7 Å². The number of hydrogen-bond acceptors (Lipinski definition) is 2. The number of H-pyrrole nitrogens is 1. The summed E-state index contributed by atoms with van der Waals surface area (Å²) in [6, 6.07) is 16.7. The maximum atomic E-state index is 6.15. The van der Waals surface area contributed by atoms with Crippen LogP contribution >= 0.6 is 0 Å². The van der Waals surface area contributed by atoms with Gasteiger partial charge in [-0.2, -0.15) is 0 Å². The van der Waals surface area contributed by atoms with Crippen LogP contribution < -0.4 is 10.1 Å². The highest BCUT2D eigenvalue weighted by atomic mass is 28.4. The van der Waals surface area contributed by atoms with Gasteiger partial charge in [0.05, 0.1) is 8.07 Å². The van der Waals surface area contributed by atoms with Crippen molar-refractivity contribution < 1.29 is 9.16 Å². The molecule has 150 valence electrons.